The van der Waals surface area contributed by atoms with Gasteiger partial charge in [-0.05, 0) is 17.7 Å². The Hall–Kier alpha value is -1.91. The van der Waals surface area contributed by atoms with Crippen molar-refractivity contribution in [2.24, 2.45) is 5.11 Å². The molecule has 0 saturated carbocycles. The van der Waals surface area contributed by atoms with Crippen LogP contribution in [0.1, 0.15) is 6.92 Å². The molecule has 7 heteroatoms. The Labute approximate surface area is 116 Å². The van der Waals surface area contributed by atoms with Crippen LogP contribution in [0, 0.1) is 0 Å². The van der Waals surface area contributed by atoms with Crippen LogP contribution in [0.25, 0.3) is 10.4 Å². The van der Waals surface area contributed by atoms with Gasteiger partial charge in [-0.15, -0.1) is 0 Å². The molecule has 2 rings (SSSR count). The van der Waals surface area contributed by atoms with Crippen molar-refractivity contribution >= 4 is 28.9 Å². The first-order valence-corrected chi connectivity index (χ1v) is 6.34. The van der Waals surface area contributed by atoms with Gasteiger partial charge in [0.2, 0.25) is 5.91 Å². The van der Waals surface area contributed by atoms with Crippen LogP contribution in [-0.4, -0.2) is 37.0 Å². The van der Waals surface area contributed by atoms with Gasteiger partial charge in [-0.25, -0.2) is 0 Å². The second-order valence-corrected chi connectivity index (χ2v) is 4.73. The topological polar surface area (TPSA) is 72.3 Å². The molecule has 1 heterocycles. The summed E-state index contributed by atoms with van der Waals surface area (Å²) in [6.07, 6.45) is 0. The van der Waals surface area contributed by atoms with E-state index in [2.05, 4.69) is 14.9 Å². The van der Waals surface area contributed by atoms with E-state index >= 15 is 0 Å². The summed E-state index contributed by atoms with van der Waals surface area (Å²) in [5.74, 6) is 0.101. The predicted molar refractivity (Wildman–Crippen MR) is 74.7 cm³/mol. The zero-order chi connectivity index (χ0) is 13.8. The van der Waals surface area contributed by atoms with Crippen LogP contribution >= 0.6 is 11.6 Å². The first kappa shape index (κ1) is 13.5. The second kappa shape index (κ2) is 5.82. The highest BCUT2D eigenvalue weighted by atomic mass is 35.5. The van der Waals surface area contributed by atoms with E-state index in [0.717, 1.165) is 18.8 Å². The smallest absolute Gasteiger partial charge is 0.219 e. The molecule has 0 radical (unpaired) electrons. The summed E-state index contributed by atoms with van der Waals surface area (Å²) >= 11 is 6.19. The molecule has 1 fully saturated rings. The molecule has 1 saturated heterocycles. The standard InChI is InChI=1S/C12H14ClN5O/c1-9(19)17-4-6-18(7-5-17)12-3-2-10(15-16-14)8-11(12)13/h2-3,8H,4-7H2,1H3. The predicted octanol–water partition coefficient (Wildman–Crippen LogP) is 2.95. The quantitative estimate of drug-likeness (QED) is 0.474. The zero-order valence-corrected chi connectivity index (χ0v) is 11.3. The lowest BCUT2D eigenvalue weighted by Gasteiger charge is -2.36. The number of carbonyl (C=O) groups excluding carboxylic acids is 1. The van der Waals surface area contributed by atoms with Crippen molar-refractivity contribution in [3.8, 4) is 0 Å². The molecule has 0 aliphatic carbocycles. The largest absolute Gasteiger partial charge is 0.367 e. The number of nitrogens with zero attached hydrogens (tertiary/aromatic N) is 5. The van der Waals surface area contributed by atoms with Crippen LogP contribution in [0.15, 0.2) is 23.3 Å². The fourth-order valence-corrected chi connectivity index (χ4v) is 2.42. The van der Waals surface area contributed by atoms with Gasteiger partial charge in [0.05, 0.1) is 10.7 Å². The summed E-state index contributed by atoms with van der Waals surface area (Å²) in [5.41, 5.74) is 9.78. The van der Waals surface area contributed by atoms with Crippen molar-refractivity contribution in [3.05, 3.63) is 33.7 Å². The average Bonchev–Trinajstić information content (AvgIpc) is 2.39. The third kappa shape index (κ3) is 3.10. The summed E-state index contributed by atoms with van der Waals surface area (Å²) < 4.78 is 0. The molecule has 1 aromatic carbocycles. The molecule has 0 aromatic heterocycles. The molecular formula is C12H14ClN5O. The number of benzene rings is 1. The van der Waals surface area contributed by atoms with Gasteiger partial charge >= 0.3 is 0 Å². The molecule has 0 atom stereocenters. The monoisotopic (exact) mass is 279 g/mol. The van der Waals surface area contributed by atoms with Crippen molar-refractivity contribution in [3.63, 3.8) is 0 Å². The van der Waals surface area contributed by atoms with Gasteiger partial charge in [0.15, 0.2) is 0 Å². The number of halogens is 1. The summed E-state index contributed by atoms with van der Waals surface area (Å²) in [4.78, 5) is 17.9. The minimum absolute atomic E-state index is 0.101. The van der Waals surface area contributed by atoms with Crippen molar-refractivity contribution < 1.29 is 4.79 Å². The first-order valence-electron chi connectivity index (χ1n) is 5.97. The van der Waals surface area contributed by atoms with Gasteiger partial charge < -0.3 is 9.80 Å². The molecule has 1 aliphatic heterocycles. The fraction of sp³-hybridized carbons (Fsp3) is 0.417. The summed E-state index contributed by atoms with van der Waals surface area (Å²) in [7, 11) is 0. The van der Waals surface area contributed by atoms with Crippen LogP contribution in [0.5, 0.6) is 0 Å². The van der Waals surface area contributed by atoms with E-state index < -0.39 is 0 Å². The number of rotatable bonds is 2. The van der Waals surface area contributed by atoms with E-state index in [1.54, 1.807) is 19.1 Å². The van der Waals surface area contributed by atoms with Gasteiger partial charge in [-0.1, -0.05) is 22.8 Å². The molecule has 0 N–H and O–H groups in total. The molecule has 1 aliphatic rings. The number of carbonyl (C=O) groups is 1. The summed E-state index contributed by atoms with van der Waals surface area (Å²) in [6, 6.07) is 5.22. The van der Waals surface area contributed by atoms with E-state index in [0.29, 0.717) is 23.8 Å². The third-order valence-corrected chi connectivity index (χ3v) is 3.46. The molecule has 1 aromatic rings. The zero-order valence-electron chi connectivity index (χ0n) is 10.6. The SMILES string of the molecule is CC(=O)N1CCN(c2ccc(N=[N+]=[N-])cc2Cl)CC1. The highest BCUT2D eigenvalue weighted by molar-refractivity contribution is 6.33. The Morgan fingerprint density at radius 1 is 1.37 bits per heavy atom. The van der Waals surface area contributed by atoms with Crippen molar-refractivity contribution in [2.75, 3.05) is 31.1 Å². The number of azide groups is 1. The Balaban J connectivity index is 2.11. The highest BCUT2D eigenvalue weighted by Crippen LogP contribution is 2.30. The second-order valence-electron chi connectivity index (χ2n) is 4.32. The van der Waals surface area contributed by atoms with E-state index in [1.165, 1.54) is 0 Å². The molecule has 1 amide bonds. The summed E-state index contributed by atoms with van der Waals surface area (Å²) in [5, 5.41) is 4.07. The maximum absolute atomic E-state index is 11.3. The number of amides is 1. The van der Waals surface area contributed by atoms with Gasteiger partial charge in [0, 0.05) is 43.7 Å². The van der Waals surface area contributed by atoms with Gasteiger partial charge in [-0.3, -0.25) is 4.79 Å². The molecule has 100 valence electrons. The Morgan fingerprint density at radius 3 is 2.58 bits per heavy atom. The molecule has 19 heavy (non-hydrogen) atoms. The van der Waals surface area contributed by atoms with Gasteiger partial charge in [0.1, 0.15) is 0 Å². The van der Waals surface area contributed by atoms with Crippen LogP contribution in [-0.2, 0) is 4.79 Å². The van der Waals surface area contributed by atoms with Crippen LogP contribution < -0.4 is 4.90 Å². The number of hydrogen-bond donors (Lipinski definition) is 0. The van der Waals surface area contributed by atoms with E-state index in [1.807, 2.05) is 11.0 Å². The normalized spacial score (nSPS) is 15.1. The minimum Gasteiger partial charge on any atom is -0.367 e. The van der Waals surface area contributed by atoms with Gasteiger partial charge in [-0.2, -0.15) is 0 Å². The number of piperazine rings is 1. The van der Waals surface area contributed by atoms with Crippen molar-refractivity contribution in [1.29, 1.82) is 0 Å². The number of hydrogen-bond acceptors (Lipinski definition) is 3. The summed E-state index contributed by atoms with van der Waals surface area (Å²) in [6.45, 7) is 4.48. The van der Waals surface area contributed by atoms with Crippen LogP contribution in [0.4, 0.5) is 11.4 Å². The van der Waals surface area contributed by atoms with Crippen molar-refractivity contribution in [1.82, 2.24) is 4.90 Å². The molecule has 0 bridgehead atoms. The minimum atomic E-state index is 0.101. The number of anilines is 1. The highest BCUT2D eigenvalue weighted by Gasteiger charge is 2.20. The van der Waals surface area contributed by atoms with Gasteiger partial charge in [0.25, 0.3) is 0 Å². The van der Waals surface area contributed by atoms with Crippen molar-refractivity contribution in [2.45, 2.75) is 6.92 Å². The first-order chi connectivity index (χ1) is 9.11. The third-order valence-electron chi connectivity index (χ3n) is 3.16. The Kier molecular flexibility index (Phi) is 4.14. The lowest BCUT2D eigenvalue weighted by Crippen LogP contribution is -2.48. The fourth-order valence-electron chi connectivity index (χ4n) is 2.13. The maximum atomic E-state index is 11.3. The molecule has 6 nitrogen and oxygen atoms in total. The molecule has 0 unspecified atom stereocenters. The Morgan fingerprint density at radius 2 is 2.05 bits per heavy atom. The van der Waals surface area contributed by atoms with E-state index in [-0.39, 0.29) is 5.91 Å². The lowest BCUT2D eigenvalue weighted by atomic mass is 10.2. The average molecular weight is 280 g/mol. The van der Waals surface area contributed by atoms with E-state index in [9.17, 15) is 4.79 Å². The Bertz CT molecular complexity index is 533. The van der Waals surface area contributed by atoms with Crippen LogP contribution in [0.3, 0.4) is 0 Å². The van der Waals surface area contributed by atoms with Crippen LogP contribution in [0.2, 0.25) is 5.02 Å². The van der Waals surface area contributed by atoms with E-state index in [4.69, 9.17) is 17.1 Å². The molecule has 0 spiro atoms. The molecular weight excluding hydrogens is 266 g/mol. The maximum Gasteiger partial charge on any atom is 0.219 e. The lowest BCUT2D eigenvalue weighted by molar-refractivity contribution is -0.129.